The fraction of sp³-hybridized carbons (Fsp3) is 0.250. The maximum atomic E-state index is 12.5. The predicted octanol–water partition coefficient (Wildman–Crippen LogP) is 2.09. The van der Waals surface area contributed by atoms with Crippen molar-refractivity contribution in [3.05, 3.63) is 52.2 Å². The fourth-order valence-electron chi connectivity index (χ4n) is 2.23. The summed E-state index contributed by atoms with van der Waals surface area (Å²) in [6.07, 6.45) is 1.69. The lowest BCUT2D eigenvalue weighted by molar-refractivity contribution is -0.143. The zero-order valence-corrected chi connectivity index (χ0v) is 16.5. The average molecular weight is 402 g/mol. The lowest BCUT2D eigenvalue weighted by Crippen LogP contribution is -2.38. The largest absolute Gasteiger partial charge is 0.497 e. The second-order valence-corrected chi connectivity index (χ2v) is 6.56. The molecule has 0 aliphatic rings. The van der Waals surface area contributed by atoms with E-state index in [-0.39, 0.29) is 12.5 Å². The van der Waals surface area contributed by atoms with E-state index in [0.717, 1.165) is 10.4 Å². The number of likely N-dealkylation sites (N-methyl/N-ethyl adjacent to an activating group) is 1. The Bertz CT molecular complexity index is 829. The van der Waals surface area contributed by atoms with Gasteiger partial charge in [-0.2, -0.15) is 0 Å². The summed E-state index contributed by atoms with van der Waals surface area (Å²) in [5.41, 5.74) is 1.14. The van der Waals surface area contributed by atoms with Crippen LogP contribution in [-0.2, 0) is 19.1 Å². The number of methoxy groups -OCH3 is 1. The highest BCUT2D eigenvalue weighted by molar-refractivity contribution is 7.11. The van der Waals surface area contributed by atoms with Crippen molar-refractivity contribution in [2.24, 2.45) is 0 Å². The molecule has 0 spiro atoms. The molecule has 28 heavy (non-hydrogen) atoms. The van der Waals surface area contributed by atoms with Crippen LogP contribution in [0, 0.1) is 0 Å². The summed E-state index contributed by atoms with van der Waals surface area (Å²) in [7, 11) is 1.58. The van der Waals surface area contributed by atoms with Crippen LogP contribution in [0.3, 0.4) is 0 Å². The van der Waals surface area contributed by atoms with E-state index in [9.17, 15) is 14.4 Å². The zero-order valence-electron chi connectivity index (χ0n) is 15.7. The Morgan fingerprint density at radius 2 is 1.82 bits per heavy atom. The number of esters is 1. The van der Waals surface area contributed by atoms with E-state index >= 15 is 0 Å². The van der Waals surface area contributed by atoms with Crippen LogP contribution in [0.2, 0.25) is 0 Å². The number of hydrogen-bond donors (Lipinski definition) is 2. The summed E-state index contributed by atoms with van der Waals surface area (Å²) in [6, 6.07) is 10.8. The first kappa shape index (κ1) is 21.2. The van der Waals surface area contributed by atoms with Gasteiger partial charge in [0, 0.05) is 11.4 Å². The molecule has 0 saturated carbocycles. The molecular formula is C20H22N2O5S. The van der Waals surface area contributed by atoms with Gasteiger partial charge in [0.25, 0.3) is 5.91 Å². The molecule has 2 N–H and O–H groups in total. The van der Waals surface area contributed by atoms with Crippen LogP contribution in [0.5, 0.6) is 5.75 Å². The number of carbonyl (C=O) groups excluding carboxylic acids is 3. The molecule has 0 unspecified atom stereocenters. The lowest BCUT2D eigenvalue weighted by atomic mass is 10.1. The van der Waals surface area contributed by atoms with Gasteiger partial charge in [-0.05, 0) is 42.1 Å². The summed E-state index contributed by atoms with van der Waals surface area (Å²) in [5.74, 6) is -0.761. The molecule has 0 bridgehead atoms. The third-order valence-electron chi connectivity index (χ3n) is 3.59. The third-order valence-corrected chi connectivity index (χ3v) is 4.49. The lowest BCUT2D eigenvalue weighted by Gasteiger charge is -2.09. The van der Waals surface area contributed by atoms with E-state index < -0.39 is 18.5 Å². The molecule has 0 saturated heterocycles. The number of rotatable bonds is 9. The Labute approximate surface area is 167 Å². The third kappa shape index (κ3) is 6.55. The number of hydrogen-bond acceptors (Lipinski definition) is 6. The van der Waals surface area contributed by atoms with E-state index in [2.05, 4.69) is 10.6 Å². The molecule has 2 rings (SSSR count). The number of thiophene rings is 1. The van der Waals surface area contributed by atoms with Gasteiger partial charge in [0.05, 0.1) is 19.2 Å². The molecule has 1 heterocycles. The van der Waals surface area contributed by atoms with E-state index in [4.69, 9.17) is 9.47 Å². The maximum Gasteiger partial charge on any atom is 0.340 e. The Morgan fingerprint density at radius 1 is 1.07 bits per heavy atom. The molecular weight excluding hydrogens is 380 g/mol. The molecule has 0 atom stereocenters. The number of amides is 2. The van der Waals surface area contributed by atoms with Gasteiger partial charge in [-0.15, -0.1) is 11.3 Å². The number of nitrogens with one attached hydrogen (secondary N) is 2. The van der Waals surface area contributed by atoms with Crippen LogP contribution in [0.15, 0.2) is 41.8 Å². The Hall–Kier alpha value is -3.13. The summed E-state index contributed by atoms with van der Waals surface area (Å²) >= 11 is 1.39. The van der Waals surface area contributed by atoms with Crippen LogP contribution in [0.4, 0.5) is 0 Å². The summed E-state index contributed by atoms with van der Waals surface area (Å²) in [4.78, 5) is 36.4. The normalized spacial score (nSPS) is 10.9. The highest BCUT2D eigenvalue weighted by atomic mass is 32.1. The zero-order chi connectivity index (χ0) is 20.4. The van der Waals surface area contributed by atoms with E-state index in [1.165, 1.54) is 11.3 Å². The summed E-state index contributed by atoms with van der Waals surface area (Å²) < 4.78 is 10.3. The number of carbonyl (C=O) groups is 3. The first-order chi connectivity index (χ1) is 13.5. The smallest absolute Gasteiger partial charge is 0.340 e. The minimum atomic E-state index is -0.619. The molecule has 1 aromatic carbocycles. The van der Waals surface area contributed by atoms with E-state index in [1.807, 2.05) is 23.6 Å². The van der Waals surface area contributed by atoms with Crippen LogP contribution in [0.1, 0.15) is 17.4 Å². The molecule has 8 heteroatoms. The van der Waals surface area contributed by atoms with Crippen molar-refractivity contribution >= 4 is 40.8 Å². The predicted molar refractivity (Wildman–Crippen MR) is 108 cm³/mol. The highest BCUT2D eigenvalue weighted by Gasteiger charge is 2.17. The van der Waals surface area contributed by atoms with Crippen LogP contribution < -0.4 is 15.4 Å². The van der Waals surface area contributed by atoms with Crippen molar-refractivity contribution in [2.75, 3.05) is 26.8 Å². The fourth-order valence-corrected chi connectivity index (χ4v) is 2.96. The van der Waals surface area contributed by atoms with E-state index in [1.54, 1.807) is 38.3 Å². The topological polar surface area (TPSA) is 93.7 Å². The first-order valence-corrected chi connectivity index (χ1v) is 9.51. The summed E-state index contributed by atoms with van der Waals surface area (Å²) in [5, 5.41) is 6.81. The monoisotopic (exact) mass is 402 g/mol. The highest BCUT2D eigenvalue weighted by Crippen LogP contribution is 2.25. The van der Waals surface area contributed by atoms with Crippen LogP contribution in [0.25, 0.3) is 11.6 Å². The number of benzene rings is 1. The van der Waals surface area contributed by atoms with Crippen molar-refractivity contribution in [2.45, 2.75) is 6.92 Å². The number of ether oxygens (including phenoxy) is 2. The van der Waals surface area contributed by atoms with Gasteiger partial charge in [-0.3, -0.25) is 9.59 Å². The van der Waals surface area contributed by atoms with Gasteiger partial charge < -0.3 is 20.1 Å². The standard InChI is InChI=1S/C20H22N2O5S/c1-3-21-18(23)12-22-19(24)13-27-20(25)16(17-5-4-10-28-17)11-14-6-8-15(26-2)9-7-14/h4-11H,3,12-13H2,1-2H3,(H,21,23)(H,22,24)/b16-11+. The van der Waals surface area contributed by atoms with Crippen LogP contribution >= 0.6 is 11.3 Å². The SMILES string of the molecule is CCNC(=O)CNC(=O)COC(=O)/C(=C/c1ccc(OC)cc1)c1cccs1. The second kappa shape index (κ2) is 10.9. The molecule has 0 fully saturated rings. The van der Waals surface area contributed by atoms with Gasteiger partial charge in [0.15, 0.2) is 6.61 Å². The minimum Gasteiger partial charge on any atom is -0.497 e. The van der Waals surface area contributed by atoms with Gasteiger partial charge in [-0.1, -0.05) is 18.2 Å². The molecule has 0 radical (unpaired) electrons. The average Bonchev–Trinajstić information content (AvgIpc) is 3.23. The molecule has 7 nitrogen and oxygen atoms in total. The Kier molecular flexibility index (Phi) is 8.23. The van der Waals surface area contributed by atoms with Crippen LogP contribution in [-0.4, -0.2) is 44.6 Å². The minimum absolute atomic E-state index is 0.163. The molecule has 2 amide bonds. The Balaban J connectivity index is 2.03. The van der Waals surface area contributed by atoms with Crippen molar-refractivity contribution in [3.8, 4) is 5.75 Å². The van der Waals surface area contributed by atoms with Crippen molar-refractivity contribution in [1.82, 2.24) is 10.6 Å². The van der Waals surface area contributed by atoms with Gasteiger partial charge in [0.1, 0.15) is 5.75 Å². The Morgan fingerprint density at radius 3 is 2.43 bits per heavy atom. The molecule has 0 aliphatic heterocycles. The second-order valence-electron chi connectivity index (χ2n) is 5.61. The molecule has 2 aromatic rings. The van der Waals surface area contributed by atoms with Gasteiger partial charge in [-0.25, -0.2) is 4.79 Å². The van der Waals surface area contributed by atoms with Gasteiger partial charge in [0.2, 0.25) is 5.91 Å². The quantitative estimate of drug-likeness (QED) is 0.495. The van der Waals surface area contributed by atoms with Crippen molar-refractivity contribution in [3.63, 3.8) is 0 Å². The maximum absolute atomic E-state index is 12.5. The molecule has 1 aromatic heterocycles. The van der Waals surface area contributed by atoms with Crippen molar-refractivity contribution < 1.29 is 23.9 Å². The molecule has 148 valence electrons. The van der Waals surface area contributed by atoms with Gasteiger partial charge >= 0.3 is 5.97 Å². The first-order valence-electron chi connectivity index (χ1n) is 8.63. The summed E-state index contributed by atoms with van der Waals surface area (Å²) in [6.45, 7) is 1.63. The molecule has 0 aliphatic carbocycles. The van der Waals surface area contributed by atoms with Crippen molar-refractivity contribution in [1.29, 1.82) is 0 Å². The van der Waals surface area contributed by atoms with E-state index in [0.29, 0.717) is 17.9 Å².